The van der Waals surface area contributed by atoms with Crippen LogP contribution in [0.2, 0.25) is 0 Å². The Hall–Kier alpha value is -2.12. The first-order chi connectivity index (χ1) is 9.83. The summed E-state index contributed by atoms with van der Waals surface area (Å²) in [5, 5.41) is 6.14. The lowest BCUT2D eigenvalue weighted by atomic mass is 10.0. The number of fused-ring (bicyclic) bond motifs is 1. The third kappa shape index (κ3) is 2.89. The highest BCUT2D eigenvalue weighted by atomic mass is 14.8. The van der Waals surface area contributed by atoms with Crippen LogP contribution in [0.5, 0.6) is 0 Å². The van der Waals surface area contributed by atoms with Crippen LogP contribution < -0.4 is 5.32 Å². The Labute approximate surface area is 120 Å². The number of hydrogen-bond donors (Lipinski definition) is 1. The summed E-state index contributed by atoms with van der Waals surface area (Å²) in [5.74, 6) is 0. The second-order valence-electron chi connectivity index (χ2n) is 5.06. The molecule has 3 aromatic rings. The number of nitrogens with one attached hydrogen (secondary N) is 1. The van der Waals surface area contributed by atoms with Crippen molar-refractivity contribution in [3.8, 4) is 0 Å². The van der Waals surface area contributed by atoms with Gasteiger partial charge in [0, 0.05) is 13.1 Å². The summed E-state index contributed by atoms with van der Waals surface area (Å²) in [5.41, 5.74) is 3.69. The summed E-state index contributed by atoms with van der Waals surface area (Å²) < 4.78 is 0. The first-order valence-corrected chi connectivity index (χ1v) is 6.91. The molecule has 0 aliphatic carbocycles. The van der Waals surface area contributed by atoms with Crippen LogP contribution >= 0.6 is 0 Å². The largest absolute Gasteiger partial charge is 0.309 e. The van der Waals surface area contributed by atoms with Crippen molar-refractivity contribution < 1.29 is 0 Å². The molecule has 0 atom stereocenters. The van der Waals surface area contributed by atoms with Crippen LogP contribution in [0, 0.1) is 6.92 Å². The van der Waals surface area contributed by atoms with E-state index in [4.69, 9.17) is 0 Å². The van der Waals surface area contributed by atoms with Crippen LogP contribution in [0.25, 0.3) is 10.8 Å². The summed E-state index contributed by atoms with van der Waals surface area (Å²) in [4.78, 5) is 0. The third-order valence-electron chi connectivity index (χ3n) is 3.55. The van der Waals surface area contributed by atoms with Crippen molar-refractivity contribution in [2.24, 2.45) is 0 Å². The summed E-state index contributed by atoms with van der Waals surface area (Å²) in [6, 6.07) is 23.3. The minimum Gasteiger partial charge on any atom is -0.309 e. The van der Waals surface area contributed by atoms with E-state index in [1.807, 2.05) is 0 Å². The summed E-state index contributed by atoms with van der Waals surface area (Å²) in [7, 11) is 0. The topological polar surface area (TPSA) is 12.0 Å². The van der Waals surface area contributed by atoms with Gasteiger partial charge in [0.1, 0.15) is 0 Å². The van der Waals surface area contributed by atoms with Crippen LogP contribution in [0.15, 0.2) is 66.7 Å². The Morgan fingerprint density at radius 1 is 0.750 bits per heavy atom. The molecule has 0 spiro atoms. The maximum atomic E-state index is 3.90. The highest BCUT2D eigenvalue weighted by Crippen LogP contribution is 2.18. The molecule has 0 unspecified atom stereocenters. The fourth-order valence-corrected chi connectivity index (χ4v) is 2.45. The van der Waals surface area contributed by atoms with Crippen LogP contribution in [-0.4, -0.2) is 0 Å². The van der Waals surface area contributed by atoms with Gasteiger partial charge < -0.3 is 5.32 Å². The van der Waals surface area contributed by atoms with Crippen LogP contribution in [0.1, 0.15) is 16.7 Å². The highest BCUT2D eigenvalue weighted by molar-refractivity contribution is 5.85. The van der Waals surface area contributed by atoms with Gasteiger partial charge in [-0.25, -0.2) is 0 Å². The summed E-state index contributed by atoms with van der Waals surface area (Å²) >= 11 is 0. The molecule has 0 fully saturated rings. The van der Waals surface area contributed by atoms with E-state index in [2.05, 4.69) is 79.0 Å². The molecule has 99 valence electrons. The van der Waals surface area contributed by atoms with E-state index >= 15 is 0 Å². The molecule has 1 N–H and O–H groups in total. The first-order valence-electron chi connectivity index (χ1n) is 6.91. The SMILES string of the molecule is [CH2]c1ccc(CNCc2cccc3ccccc23)cc1. The van der Waals surface area contributed by atoms with Crippen LogP contribution in [-0.2, 0) is 13.1 Å². The minimum atomic E-state index is 0.878. The molecule has 1 radical (unpaired) electrons. The Bertz CT molecular complexity index is 693. The van der Waals surface area contributed by atoms with Crippen molar-refractivity contribution >= 4 is 10.8 Å². The molecule has 0 aromatic heterocycles. The van der Waals surface area contributed by atoms with E-state index in [1.54, 1.807) is 0 Å². The number of rotatable bonds is 4. The Morgan fingerprint density at radius 2 is 1.50 bits per heavy atom. The third-order valence-corrected chi connectivity index (χ3v) is 3.55. The van der Waals surface area contributed by atoms with Crippen molar-refractivity contribution in [3.05, 3.63) is 90.3 Å². The molecule has 1 nitrogen and oxygen atoms in total. The zero-order chi connectivity index (χ0) is 13.8. The van der Waals surface area contributed by atoms with Gasteiger partial charge in [0.25, 0.3) is 0 Å². The molecule has 0 amide bonds. The van der Waals surface area contributed by atoms with E-state index in [0.29, 0.717) is 0 Å². The van der Waals surface area contributed by atoms with Crippen molar-refractivity contribution in [1.29, 1.82) is 0 Å². The normalized spacial score (nSPS) is 10.8. The predicted octanol–water partition coefficient (Wildman–Crippen LogP) is 4.31. The predicted molar refractivity (Wildman–Crippen MR) is 85.4 cm³/mol. The van der Waals surface area contributed by atoms with Gasteiger partial charge in [-0.2, -0.15) is 0 Å². The molecular weight excluding hydrogens is 242 g/mol. The lowest BCUT2D eigenvalue weighted by molar-refractivity contribution is 0.696. The quantitative estimate of drug-likeness (QED) is 0.737. The van der Waals surface area contributed by atoms with E-state index in [9.17, 15) is 0 Å². The van der Waals surface area contributed by atoms with Gasteiger partial charge in [0.2, 0.25) is 0 Å². The second kappa shape index (κ2) is 5.89. The lowest BCUT2D eigenvalue weighted by Gasteiger charge is -2.08. The number of benzene rings is 3. The molecule has 0 aliphatic rings. The standard InChI is InChI=1S/C19H18N/c1-15-9-11-16(12-10-15)13-20-14-18-7-4-6-17-5-2-3-8-19(17)18/h2-12,20H,1,13-14H2. The summed E-state index contributed by atoms with van der Waals surface area (Å²) in [6.45, 7) is 5.66. The van der Waals surface area contributed by atoms with Gasteiger partial charge in [0.15, 0.2) is 0 Å². The van der Waals surface area contributed by atoms with E-state index in [-0.39, 0.29) is 0 Å². The molecule has 20 heavy (non-hydrogen) atoms. The van der Waals surface area contributed by atoms with Gasteiger partial charge in [-0.3, -0.25) is 0 Å². The first kappa shape index (κ1) is 12.9. The Morgan fingerprint density at radius 3 is 2.35 bits per heavy atom. The van der Waals surface area contributed by atoms with Gasteiger partial charge in [-0.05, 0) is 34.4 Å². The molecule has 0 aliphatic heterocycles. The van der Waals surface area contributed by atoms with Crippen LogP contribution in [0.4, 0.5) is 0 Å². The van der Waals surface area contributed by atoms with Crippen molar-refractivity contribution in [2.75, 3.05) is 0 Å². The molecule has 3 aromatic carbocycles. The molecule has 3 rings (SSSR count). The molecule has 0 saturated carbocycles. The summed E-state index contributed by atoms with van der Waals surface area (Å²) in [6.07, 6.45) is 0. The van der Waals surface area contributed by atoms with E-state index in [0.717, 1.165) is 18.7 Å². The zero-order valence-corrected chi connectivity index (χ0v) is 11.5. The smallest absolute Gasteiger partial charge is 0.0214 e. The van der Waals surface area contributed by atoms with E-state index < -0.39 is 0 Å². The minimum absolute atomic E-state index is 0.878. The monoisotopic (exact) mass is 260 g/mol. The molecule has 0 saturated heterocycles. The van der Waals surface area contributed by atoms with Gasteiger partial charge >= 0.3 is 0 Å². The average molecular weight is 260 g/mol. The average Bonchev–Trinajstić information content (AvgIpc) is 2.49. The Balaban J connectivity index is 1.69. The molecule has 0 heterocycles. The highest BCUT2D eigenvalue weighted by Gasteiger charge is 2.00. The molecule has 0 bridgehead atoms. The van der Waals surface area contributed by atoms with Crippen LogP contribution in [0.3, 0.4) is 0 Å². The fraction of sp³-hybridized carbons (Fsp3) is 0.105. The van der Waals surface area contributed by atoms with Gasteiger partial charge in [0.05, 0.1) is 0 Å². The fourth-order valence-electron chi connectivity index (χ4n) is 2.45. The molecular formula is C19H18N. The number of hydrogen-bond acceptors (Lipinski definition) is 1. The van der Waals surface area contributed by atoms with Gasteiger partial charge in [-0.1, -0.05) is 66.7 Å². The maximum Gasteiger partial charge on any atom is 0.0214 e. The zero-order valence-electron chi connectivity index (χ0n) is 11.5. The van der Waals surface area contributed by atoms with Crippen molar-refractivity contribution in [2.45, 2.75) is 13.1 Å². The second-order valence-corrected chi connectivity index (χ2v) is 5.06. The lowest BCUT2D eigenvalue weighted by Crippen LogP contribution is -2.12. The molecule has 1 heteroatoms. The van der Waals surface area contributed by atoms with Gasteiger partial charge in [-0.15, -0.1) is 0 Å². The Kier molecular flexibility index (Phi) is 3.80. The van der Waals surface area contributed by atoms with E-state index in [1.165, 1.54) is 21.9 Å². The van der Waals surface area contributed by atoms with Crippen molar-refractivity contribution in [1.82, 2.24) is 5.32 Å². The maximum absolute atomic E-state index is 3.90. The van der Waals surface area contributed by atoms with Crippen molar-refractivity contribution in [3.63, 3.8) is 0 Å².